The van der Waals surface area contributed by atoms with Crippen molar-refractivity contribution in [3.05, 3.63) is 11.8 Å². The molecule has 1 nitrogen and oxygen atoms in total. The fourth-order valence-corrected chi connectivity index (χ4v) is 0.961. The standard InChI is InChI=1S/C9H19N/c1-5-6-7-9(2)8-10(3)4/h8H,5-7H2,1-4H3/b9-8-. The molecule has 0 saturated carbocycles. The second-order valence-electron chi connectivity index (χ2n) is 3.04. The Kier molecular flexibility index (Phi) is 5.09. The minimum absolute atomic E-state index is 1.24. The van der Waals surface area contributed by atoms with Crippen molar-refractivity contribution < 1.29 is 0 Å². The fourth-order valence-electron chi connectivity index (χ4n) is 0.961. The van der Waals surface area contributed by atoms with E-state index in [0.717, 1.165) is 0 Å². The molecule has 0 amide bonds. The third-order valence-corrected chi connectivity index (χ3v) is 1.40. The molecule has 10 heavy (non-hydrogen) atoms. The van der Waals surface area contributed by atoms with Crippen LogP contribution >= 0.6 is 0 Å². The normalized spacial score (nSPS) is 11.8. The molecule has 0 aromatic heterocycles. The summed E-state index contributed by atoms with van der Waals surface area (Å²) in [6.07, 6.45) is 6.04. The van der Waals surface area contributed by atoms with Crippen molar-refractivity contribution in [3.63, 3.8) is 0 Å². The average molecular weight is 141 g/mol. The summed E-state index contributed by atoms with van der Waals surface area (Å²) >= 11 is 0. The molecular formula is C9H19N. The van der Waals surface area contributed by atoms with Gasteiger partial charge in [0.1, 0.15) is 0 Å². The summed E-state index contributed by atoms with van der Waals surface area (Å²) in [5.74, 6) is 0. The average Bonchev–Trinajstić information content (AvgIpc) is 1.82. The van der Waals surface area contributed by atoms with E-state index in [0.29, 0.717) is 0 Å². The van der Waals surface area contributed by atoms with Gasteiger partial charge in [-0.2, -0.15) is 0 Å². The molecule has 0 aromatic rings. The van der Waals surface area contributed by atoms with Gasteiger partial charge >= 0.3 is 0 Å². The Balaban J connectivity index is 3.49. The summed E-state index contributed by atoms with van der Waals surface area (Å²) in [5, 5.41) is 0. The van der Waals surface area contributed by atoms with Gasteiger partial charge < -0.3 is 4.90 Å². The highest BCUT2D eigenvalue weighted by molar-refractivity contribution is 4.95. The molecule has 0 heterocycles. The van der Waals surface area contributed by atoms with E-state index >= 15 is 0 Å². The molecule has 0 aliphatic rings. The van der Waals surface area contributed by atoms with Crippen molar-refractivity contribution in [3.8, 4) is 0 Å². The summed E-state index contributed by atoms with van der Waals surface area (Å²) < 4.78 is 0. The summed E-state index contributed by atoms with van der Waals surface area (Å²) in [6, 6.07) is 0. The van der Waals surface area contributed by atoms with E-state index in [-0.39, 0.29) is 0 Å². The molecule has 0 atom stereocenters. The lowest BCUT2D eigenvalue weighted by Crippen LogP contribution is -2.01. The maximum atomic E-state index is 2.23. The number of hydrogen-bond donors (Lipinski definition) is 0. The number of unbranched alkanes of at least 4 members (excludes halogenated alkanes) is 1. The largest absolute Gasteiger partial charge is 0.384 e. The lowest BCUT2D eigenvalue weighted by atomic mass is 10.1. The van der Waals surface area contributed by atoms with Crippen LogP contribution in [0.2, 0.25) is 0 Å². The Hall–Kier alpha value is -0.460. The lowest BCUT2D eigenvalue weighted by molar-refractivity contribution is 0.553. The van der Waals surface area contributed by atoms with Gasteiger partial charge in [0.2, 0.25) is 0 Å². The molecule has 0 spiro atoms. The van der Waals surface area contributed by atoms with Gasteiger partial charge in [0.05, 0.1) is 0 Å². The van der Waals surface area contributed by atoms with E-state index < -0.39 is 0 Å². The van der Waals surface area contributed by atoms with E-state index in [2.05, 4.69) is 39.0 Å². The molecule has 0 bridgehead atoms. The zero-order chi connectivity index (χ0) is 7.98. The first-order valence-electron chi connectivity index (χ1n) is 4.00. The van der Waals surface area contributed by atoms with Gasteiger partial charge in [0, 0.05) is 14.1 Å². The van der Waals surface area contributed by atoms with E-state index in [1.165, 1.54) is 24.8 Å². The van der Waals surface area contributed by atoms with Crippen LogP contribution in [0.3, 0.4) is 0 Å². The molecule has 1 heteroatoms. The Morgan fingerprint density at radius 3 is 2.40 bits per heavy atom. The molecule has 0 aromatic carbocycles. The summed E-state index contributed by atoms with van der Waals surface area (Å²) in [6.45, 7) is 4.42. The van der Waals surface area contributed by atoms with Gasteiger partial charge in [0.25, 0.3) is 0 Å². The topological polar surface area (TPSA) is 3.24 Å². The maximum absolute atomic E-state index is 2.23. The third kappa shape index (κ3) is 5.67. The molecule has 0 aliphatic carbocycles. The van der Waals surface area contributed by atoms with Crippen molar-refractivity contribution >= 4 is 0 Å². The van der Waals surface area contributed by atoms with Crippen LogP contribution in [-0.4, -0.2) is 19.0 Å². The van der Waals surface area contributed by atoms with Gasteiger partial charge in [0.15, 0.2) is 0 Å². The van der Waals surface area contributed by atoms with Crippen molar-refractivity contribution in [2.24, 2.45) is 0 Å². The number of nitrogens with zero attached hydrogens (tertiary/aromatic N) is 1. The molecule has 0 unspecified atom stereocenters. The van der Waals surface area contributed by atoms with Crippen molar-refractivity contribution in [2.45, 2.75) is 33.1 Å². The monoisotopic (exact) mass is 141 g/mol. The van der Waals surface area contributed by atoms with E-state index in [4.69, 9.17) is 0 Å². The zero-order valence-corrected chi connectivity index (χ0v) is 7.65. The van der Waals surface area contributed by atoms with Gasteiger partial charge in [-0.25, -0.2) is 0 Å². The lowest BCUT2D eigenvalue weighted by Gasteiger charge is -2.07. The molecule has 0 rings (SSSR count). The second-order valence-corrected chi connectivity index (χ2v) is 3.04. The Morgan fingerprint density at radius 1 is 1.40 bits per heavy atom. The van der Waals surface area contributed by atoms with Gasteiger partial charge in [-0.3, -0.25) is 0 Å². The van der Waals surface area contributed by atoms with Gasteiger partial charge in [-0.05, 0) is 26.0 Å². The van der Waals surface area contributed by atoms with E-state index in [9.17, 15) is 0 Å². The first-order valence-corrected chi connectivity index (χ1v) is 4.00. The second kappa shape index (κ2) is 5.33. The van der Waals surface area contributed by atoms with Crippen LogP contribution in [0.15, 0.2) is 11.8 Å². The number of hydrogen-bond acceptors (Lipinski definition) is 1. The summed E-state index contributed by atoms with van der Waals surface area (Å²) in [4.78, 5) is 2.10. The predicted molar refractivity (Wildman–Crippen MR) is 47.0 cm³/mol. The van der Waals surface area contributed by atoms with E-state index in [1.54, 1.807) is 0 Å². The minimum atomic E-state index is 1.24. The highest BCUT2D eigenvalue weighted by Gasteiger charge is 1.88. The number of rotatable bonds is 4. The first-order chi connectivity index (χ1) is 4.66. The molecule has 0 saturated heterocycles. The summed E-state index contributed by atoms with van der Waals surface area (Å²) in [5.41, 5.74) is 1.48. The van der Waals surface area contributed by atoms with Crippen LogP contribution < -0.4 is 0 Å². The first kappa shape index (κ1) is 9.54. The van der Waals surface area contributed by atoms with Crippen LogP contribution in [0.1, 0.15) is 33.1 Å². The van der Waals surface area contributed by atoms with Crippen molar-refractivity contribution in [2.75, 3.05) is 14.1 Å². The fraction of sp³-hybridized carbons (Fsp3) is 0.778. The highest BCUT2D eigenvalue weighted by atomic mass is 15.0. The Morgan fingerprint density at radius 2 is 2.00 bits per heavy atom. The molecule has 60 valence electrons. The van der Waals surface area contributed by atoms with Crippen LogP contribution in [0, 0.1) is 0 Å². The van der Waals surface area contributed by atoms with Crippen LogP contribution in [0.4, 0.5) is 0 Å². The quantitative estimate of drug-likeness (QED) is 0.581. The van der Waals surface area contributed by atoms with Crippen LogP contribution in [-0.2, 0) is 0 Å². The Labute approximate surface area is 64.7 Å². The number of allylic oxidation sites excluding steroid dienone is 1. The zero-order valence-electron chi connectivity index (χ0n) is 7.65. The minimum Gasteiger partial charge on any atom is -0.384 e. The molecular weight excluding hydrogens is 122 g/mol. The van der Waals surface area contributed by atoms with Crippen molar-refractivity contribution in [1.82, 2.24) is 4.90 Å². The van der Waals surface area contributed by atoms with Crippen LogP contribution in [0.5, 0.6) is 0 Å². The summed E-state index contributed by atoms with van der Waals surface area (Å²) in [7, 11) is 4.13. The smallest absolute Gasteiger partial charge is 0.00556 e. The Bertz CT molecular complexity index is 103. The molecule has 0 N–H and O–H groups in total. The van der Waals surface area contributed by atoms with Crippen LogP contribution in [0.25, 0.3) is 0 Å². The maximum Gasteiger partial charge on any atom is 0.00556 e. The van der Waals surface area contributed by atoms with Gasteiger partial charge in [-0.15, -0.1) is 0 Å². The predicted octanol–water partition coefficient (Wildman–Crippen LogP) is 2.64. The van der Waals surface area contributed by atoms with Gasteiger partial charge in [-0.1, -0.05) is 18.9 Å². The molecule has 0 fully saturated rings. The van der Waals surface area contributed by atoms with E-state index in [1.807, 2.05) is 0 Å². The third-order valence-electron chi connectivity index (χ3n) is 1.40. The SMILES string of the molecule is CCCC/C(C)=C\N(C)C. The highest BCUT2D eigenvalue weighted by Crippen LogP contribution is 2.05. The molecule has 0 radical (unpaired) electrons. The molecule has 0 aliphatic heterocycles. The van der Waals surface area contributed by atoms with Crippen molar-refractivity contribution in [1.29, 1.82) is 0 Å².